The first-order valence-corrected chi connectivity index (χ1v) is 9.56. The van der Waals surface area contributed by atoms with Gasteiger partial charge in [-0.2, -0.15) is 0 Å². The fourth-order valence-corrected chi connectivity index (χ4v) is 4.10. The van der Waals surface area contributed by atoms with E-state index < -0.39 is 10.0 Å². The van der Waals surface area contributed by atoms with Crippen molar-refractivity contribution in [2.45, 2.75) is 17.7 Å². The number of carbonyl (C=O) groups is 1. The molecule has 0 unspecified atom stereocenters. The number of halogens is 2. The second-order valence-corrected chi connectivity index (χ2v) is 8.00. The first kappa shape index (κ1) is 17.1. The van der Waals surface area contributed by atoms with Gasteiger partial charge in [-0.3, -0.25) is 9.52 Å². The van der Waals surface area contributed by atoms with Crippen molar-refractivity contribution in [3.8, 4) is 0 Å². The summed E-state index contributed by atoms with van der Waals surface area (Å²) in [4.78, 5) is 16.7. The van der Waals surface area contributed by atoms with Crippen LogP contribution in [0.3, 0.4) is 0 Å². The van der Waals surface area contributed by atoms with Gasteiger partial charge >= 0.3 is 0 Å². The maximum atomic E-state index is 12.4. The molecule has 1 aromatic carbocycles. The van der Waals surface area contributed by atoms with E-state index in [9.17, 15) is 13.2 Å². The summed E-state index contributed by atoms with van der Waals surface area (Å²) in [6.45, 7) is 1.39. The molecule has 0 bridgehead atoms. The predicted octanol–water partition coefficient (Wildman–Crippen LogP) is 3.36. The Morgan fingerprint density at radius 2 is 1.88 bits per heavy atom. The Kier molecular flexibility index (Phi) is 4.76. The number of H-pyrrole nitrogens is 1. The SMILES string of the molecule is O=C(c1cc(S(=O)(=O)Nc2ccc(Cl)cc2Cl)c[nH]1)N1CCCC1. The molecule has 2 aromatic rings. The van der Waals surface area contributed by atoms with E-state index >= 15 is 0 Å². The lowest BCUT2D eigenvalue weighted by molar-refractivity contribution is 0.0787. The van der Waals surface area contributed by atoms with E-state index in [-0.39, 0.29) is 27.2 Å². The maximum Gasteiger partial charge on any atom is 0.270 e. The Hall–Kier alpha value is -1.70. The van der Waals surface area contributed by atoms with Crippen LogP contribution in [-0.4, -0.2) is 37.3 Å². The van der Waals surface area contributed by atoms with E-state index in [1.165, 1.54) is 30.5 Å². The van der Waals surface area contributed by atoms with Crippen molar-refractivity contribution in [3.63, 3.8) is 0 Å². The number of aromatic nitrogens is 1. The molecule has 3 rings (SSSR count). The van der Waals surface area contributed by atoms with Crippen molar-refractivity contribution in [1.29, 1.82) is 0 Å². The standard InChI is InChI=1S/C15H15Cl2N3O3S/c16-10-3-4-13(12(17)7-10)19-24(22,23)11-8-14(18-9-11)15(21)20-5-1-2-6-20/h3-4,7-9,18-19H,1-2,5-6H2. The largest absolute Gasteiger partial charge is 0.356 e. The summed E-state index contributed by atoms with van der Waals surface area (Å²) >= 11 is 11.8. The van der Waals surface area contributed by atoms with E-state index in [2.05, 4.69) is 9.71 Å². The summed E-state index contributed by atoms with van der Waals surface area (Å²) in [7, 11) is -3.86. The molecule has 1 aromatic heterocycles. The van der Waals surface area contributed by atoms with Crippen LogP contribution in [0.15, 0.2) is 35.4 Å². The molecule has 6 nitrogen and oxygen atoms in total. The molecular weight excluding hydrogens is 373 g/mol. The summed E-state index contributed by atoms with van der Waals surface area (Å²) < 4.78 is 27.3. The number of hydrogen-bond acceptors (Lipinski definition) is 3. The highest BCUT2D eigenvalue weighted by atomic mass is 35.5. The normalized spacial score (nSPS) is 14.8. The van der Waals surface area contributed by atoms with Crippen molar-refractivity contribution in [1.82, 2.24) is 9.88 Å². The van der Waals surface area contributed by atoms with Crippen molar-refractivity contribution < 1.29 is 13.2 Å². The average Bonchev–Trinajstić information content (AvgIpc) is 3.20. The van der Waals surface area contributed by atoms with Gasteiger partial charge in [0.1, 0.15) is 10.6 Å². The molecule has 1 aliphatic rings. The molecule has 1 saturated heterocycles. The number of amides is 1. The quantitative estimate of drug-likeness (QED) is 0.843. The predicted molar refractivity (Wildman–Crippen MR) is 93.2 cm³/mol. The zero-order chi connectivity index (χ0) is 17.3. The summed E-state index contributed by atoms with van der Waals surface area (Å²) in [6.07, 6.45) is 3.22. The van der Waals surface area contributed by atoms with Crippen LogP contribution in [0.4, 0.5) is 5.69 Å². The third-order valence-corrected chi connectivity index (χ3v) is 5.66. The lowest BCUT2D eigenvalue weighted by atomic mass is 10.3. The molecule has 1 aliphatic heterocycles. The number of benzene rings is 1. The van der Waals surface area contributed by atoms with Crippen molar-refractivity contribution in [2.75, 3.05) is 17.8 Å². The Morgan fingerprint density at radius 3 is 2.54 bits per heavy atom. The molecule has 24 heavy (non-hydrogen) atoms. The highest BCUT2D eigenvalue weighted by molar-refractivity contribution is 7.92. The molecule has 9 heteroatoms. The Balaban J connectivity index is 1.81. The Bertz CT molecular complexity index is 874. The smallest absolute Gasteiger partial charge is 0.270 e. The van der Waals surface area contributed by atoms with Crippen LogP contribution in [0.5, 0.6) is 0 Å². The molecule has 0 atom stereocenters. The van der Waals surface area contributed by atoms with Crippen LogP contribution in [0, 0.1) is 0 Å². The van der Waals surface area contributed by atoms with Gasteiger partial charge in [-0.05, 0) is 37.1 Å². The lowest BCUT2D eigenvalue weighted by Crippen LogP contribution is -2.27. The van der Waals surface area contributed by atoms with Crippen LogP contribution in [-0.2, 0) is 10.0 Å². The molecule has 0 spiro atoms. The Labute approximate surface area is 149 Å². The summed E-state index contributed by atoms with van der Waals surface area (Å²) in [5.41, 5.74) is 0.467. The lowest BCUT2D eigenvalue weighted by Gasteiger charge is -2.13. The zero-order valence-corrected chi connectivity index (χ0v) is 14.9. The minimum atomic E-state index is -3.86. The molecule has 128 valence electrons. The van der Waals surface area contributed by atoms with Crippen LogP contribution in [0.1, 0.15) is 23.3 Å². The van der Waals surface area contributed by atoms with Gasteiger partial charge in [0.2, 0.25) is 0 Å². The van der Waals surface area contributed by atoms with E-state index in [4.69, 9.17) is 23.2 Å². The second-order valence-electron chi connectivity index (χ2n) is 5.48. The topological polar surface area (TPSA) is 82.3 Å². The molecule has 0 radical (unpaired) electrons. The van der Waals surface area contributed by atoms with Crippen molar-refractivity contribution in [3.05, 3.63) is 46.2 Å². The molecule has 2 N–H and O–H groups in total. The highest BCUT2D eigenvalue weighted by Crippen LogP contribution is 2.27. The third kappa shape index (κ3) is 3.53. The molecule has 1 fully saturated rings. The molecular formula is C15H15Cl2N3O3S. The number of nitrogens with one attached hydrogen (secondary N) is 2. The third-order valence-electron chi connectivity index (χ3n) is 3.77. The van der Waals surface area contributed by atoms with Crippen molar-refractivity contribution >= 4 is 44.8 Å². The minimum Gasteiger partial charge on any atom is -0.356 e. The second kappa shape index (κ2) is 6.66. The van der Waals surface area contributed by atoms with Crippen LogP contribution >= 0.6 is 23.2 Å². The zero-order valence-electron chi connectivity index (χ0n) is 12.6. The fourth-order valence-electron chi connectivity index (χ4n) is 2.52. The van der Waals surface area contributed by atoms with E-state index in [1.54, 1.807) is 4.90 Å². The van der Waals surface area contributed by atoms with Crippen LogP contribution in [0.25, 0.3) is 0 Å². The van der Waals surface area contributed by atoms with Gasteiger partial charge < -0.3 is 9.88 Å². The summed E-state index contributed by atoms with van der Waals surface area (Å²) in [5.74, 6) is -0.196. The number of rotatable bonds is 4. The van der Waals surface area contributed by atoms with Crippen molar-refractivity contribution in [2.24, 2.45) is 0 Å². The molecule has 0 saturated carbocycles. The first-order valence-electron chi connectivity index (χ1n) is 7.32. The van der Waals surface area contributed by atoms with Gasteiger partial charge in [0, 0.05) is 24.3 Å². The number of hydrogen-bond donors (Lipinski definition) is 2. The molecule has 2 heterocycles. The molecule has 1 amide bonds. The average molecular weight is 388 g/mol. The van der Waals surface area contributed by atoms with E-state index in [0.29, 0.717) is 18.1 Å². The van der Waals surface area contributed by atoms with Gasteiger partial charge in [0.05, 0.1) is 10.7 Å². The van der Waals surface area contributed by atoms with Gasteiger partial charge in [0.25, 0.3) is 15.9 Å². The fraction of sp³-hybridized carbons (Fsp3) is 0.267. The molecule has 0 aliphatic carbocycles. The Morgan fingerprint density at radius 1 is 1.17 bits per heavy atom. The first-order chi connectivity index (χ1) is 11.4. The maximum absolute atomic E-state index is 12.4. The highest BCUT2D eigenvalue weighted by Gasteiger charge is 2.24. The van der Waals surface area contributed by atoms with Gasteiger partial charge in [-0.1, -0.05) is 23.2 Å². The van der Waals surface area contributed by atoms with E-state index in [1.807, 2.05) is 0 Å². The number of anilines is 1. The summed E-state index contributed by atoms with van der Waals surface area (Å²) in [5, 5.41) is 0.595. The minimum absolute atomic E-state index is 0.0314. The number of sulfonamides is 1. The van der Waals surface area contributed by atoms with Gasteiger partial charge in [-0.15, -0.1) is 0 Å². The van der Waals surface area contributed by atoms with Gasteiger partial charge in [-0.25, -0.2) is 8.42 Å². The number of carbonyl (C=O) groups excluding carboxylic acids is 1. The number of likely N-dealkylation sites (tertiary alicyclic amines) is 1. The number of nitrogens with zero attached hydrogens (tertiary/aromatic N) is 1. The van der Waals surface area contributed by atoms with Gasteiger partial charge in [0.15, 0.2) is 0 Å². The summed E-state index contributed by atoms with van der Waals surface area (Å²) in [6, 6.07) is 5.78. The van der Waals surface area contributed by atoms with Crippen LogP contribution < -0.4 is 4.72 Å². The van der Waals surface area contributed by atoms with E-state index in [0.717, 1.165) is 12.8 Å². The number of aromatic amines is 1. The van der Waals surface area contributed by atoms with Crippen LogP contribution in [0.2, 0.25) is 10.0 Å². The monoisotopic (exact) mass is 387 g/mol.